The van der Waals surface area contributed by atoms with Crippen molar-refractivity contribution < 1.29 is 14.3 Å². The third kappa shape index (κ3) is 7.07. The van der Waals surface area contributed by atoms with Gasteiger partial charge in [-0.15, -0.1) is 0 Å². The molecule has 2 amide bonds. The van der Waals surface area contributed by atoms with Gasteiger partial charge in [0.2, 0.25) is 11.8 Å². The third-order valence-corrected chi connectivity index (χ3v) is 6.16. The Morgan fingerprint density at radius 1 is 1.19 bits per heavy atom. The van der Waals surface area contributed by atoms with Crippen molar-refractivity contribution in [2.24, 2.45) is 17.1 Å². The molecular weight excluding hydrogens is 342 g/mol. The summed E-state index contributed by atoms with van der Waals surface area (Å²) < 4.78 is 5.48. The quantitative estimate of drug-likeness (QED) is 0.601. The topological polar surface area (TPSA) is 84.7 Å². The van der Waals surface area contributed by atoms with E-state index in [-0.39, 0.29) is 29.3 Å². The van der Waals surface area contributed by atoms with Crippen LogP contribution in [0.1, 0.15) is 71.6 Å². The maximum atomic E-state index is 12.8. The molecule has 6 nitrogen and oxygen atoms in total. The van der Waals surface area contributed by atoms with Gasteiger partial charge in [0, 0.05) is 38.6 Å². The van der Waals surface area contributed by atoms with Crippen LogP contribution in [0.5, 0.6) is 0 Å². The van der Waals surface area contributed by atoms with Crippen molar-refractivity contribution in [2.45, 2.75) is 77.7 Å². The number of nitrogens with two attached hydrogens (primary N) is 1. The van der Waals surface area contributed by atoms with Crippen molar-refractivity contribution in [2.75, 3.05) is 32.8 Å². The minimum Gasteiger partial charge on any atom is -0.379 e. The number of ether oxygens (including phenoxy) is 1. The van der Waals surface area contributed by atoms with E-state index in [4.69, 9.17) is 10.5 Å². The van der Waals surface area contributed by atoms with Gasteiger partial charge in [-0.25, -0.2) is 0 Å². The van der Waals surface area contributed by atoms with E-state index in [1.807, 2.05) is 18.7 Å². The van der Waals surface area contributed by atoms with Crippen LogP contribution in [0, 0.1) is 11.3 Å². The lowest BCUT2D eigenvalue weighted by molar-refractivity contribution is -0.138. The molecular formula is C21H39N3O3. The predicted octanol–water partition coefficient (Wildman–Crippen LogP) is 2.46. The van der Waals surface area contributed by atoms with Gasteiger partial charge in [-0.1, -0.05) is 19.3 Å². The largest absolute Gasteiger partial charge is 0.379 e. The number of nitrogens with one attached hydrogen (secondary N) is 1. The molecule has 3 N–H and O–H groups in total. The van der Waals surface area contributed by atoms with E-state index in [9.17, 15) is 9.59 Å². The normalized spacial score (nSPS) is 20.7. The molecule has 0 aromatic rings. The molecule has 1 saturated carbocycles. The Hall–Kier alpha value is -1.14. The number of piperidine rings is 1. The van der Waals surface area contributed by atoms with Crippen LogP contribution in [0.25, 0.3) is 0 Å². The van der Waals surface area contributed by atoms with Crippen molar-refractivity contribution in [3.05, 3.63) is 0 Å². The van der Waals surface area contributed by atoms with E-state index >= 15 is 0 Å². The van der Waals surface area contributed by atoms with Crippen LogP contribution in [0.4, 0.5) is 0 Å². The summed E-state index contributed by atoms with van der Waals surface area (Å²) in [7, 11) is 0. The van der Waals surface area contributed by atoms with Crippen LogP contribution >= 0.6 is 0 Å². The van der Waals surface area contributed by atoms with E-state index < -0.39 is 0 Å². The number of hydrogen-bond donors (Lipinski definition) is 2. The Kier molecular flexibility index (Phi) is 9.03. The number of carbonyl (C=O) groups excluding carboxylic acids is 2. The molecule has 1 heterocycles. The fraction of sp³-hybridized carbons (Fsp3) is 0.905. The molecule has 0 unspecified atom stereocenters. The van der Waals surface area contributed by atoms with Crippen molar-refractivity contribution in [1.82, 2.24) is 10.2 Å². The molecule has 0 aromatic carbocycles. The average molecular weight is 382 g/mol. The van der Waals surface area contributed by atoms with Gasteiger partial charge in [0.1, 0.15) is 0 Å². The first kappa shape index (κ1) is 22.2. The van der Waals surface area contributed by atoms with Crippen LogP contribution in [-0.2, 0) is 14.3 Å². The maximum absolute atomic E-state index is 12.8. The predicted molar refractivity (Wildman–Crippen MR) is 107 cm³/mol. The number of amides is 2. The molecule has 0 bridgehead atoms. The summed E-state index contributed by atoms with van der Waals surface area (Å²) >= 11 is 0. The number of carbonyl (C=O) groups is 2. The zero-order valence-electron chi connectivity index (χ0n) is 17.3. The molecule has 27 heavy (non-hydrogen) atoms. The lowest BCUT2D eigenvalue weighted by Crippen LogP contribution is -2.46. The van der Waals surface area contributed by atoms with Crippen LogP contribution in [0.15, 0.2) is 0 Å². The minimum absolute atomic E-state index is 0.0155. The minimum atomic E-state index is 0.0155. The molecule has 0 radical (unpaired) electrons. The van der Waals surface area contributed by atoms with E-state index in [1.165, 1.54) is 19.3 Å². The molecule has 1 aliphatic carbocycles. The zero-order chi connectivity index (χ0) is 19.7. The molecule has 2 fully saturated rings. The van der Waals surface area contributed by atoms with E-state index in [0.717, 1.165) is 32.1 Å². The summed E-state index contributed by atoms with van der Waals surface area (Å²) in [4.78, 5) is 27.0. The molecule has 6 heteroatoms. The molecule has 1 saturated heterocycles. The second-order valence-corrected chi connectivity index (χ2v) is 8.66. The highest BCUT2D eigenvalue weighted by Crippen LogP contribution is 2.39. The molecule has 156 valence electrons. The number of likely N-dealkylation sites (tertiary alicyclic amines) is 1. The Labute approximate surface area is 164 Å². The highest BCUT2D eigenvalue weighted by atomic mass is 16.5. The Morgan fingerprint density at radius 3 is 2.44 bits per heavy atom. The van der Waals surface area contributed by atoms with Gasteiger partial charge < -0.3 is 20.7 Å². The summed E-state index contributed by atoms with van der Waals surface area (Å²) in [5.41, 5.74) is 6.05. The lowest BCUT2D eigenvalue weighted by Gasteiger charge is -2.38. The number of rotatable bonds is 9. The van der Waals surface area contributed by atoms with Gasteiger partial charge in [0.25, 0.3) is 0 Å². The highest BCUT2D eigenvalue weighted by Gasteiger charge is 2.35. The number of hydrogen-bond acceptors (Lipinski definition) is 4. The first-order valence-corrected chi connectivity index (χ1v) is 10.8. The third-order valence-electron chi connectivity index (χ3n) is 6.16. The molecule has 2 aliphatic rings. The Bertz CT molecular complexity index is 467. The van der Waals surface area contributed by atoms with Crippen LogP contribution in [-0.4, -0.2) is 55.6 Å². The monoisotopic (exact) mass is 381 g/mol. The molecule has 0 spiro atoms. The van der Waals surface area contributed by atoms with Crippen LogP contribution < -0.4 is 11.1 Å². The summed E-state index contributed by atoms with van der Waals surface area (Å²) in [6.07, 6.45) is 8.96. The van der Waals surface area contributed by atoms with E-state index in [1.54, 1.807) is 0 Å². The standard InChI is InChI=1S/C21H39N3O3/c1-17(2)27-14-6-11-23-20(26)18-7-12-24(13-8-18)19(25)15-21(16-22)9-4-3-5-10-21/h17-18H,3-16,22H2,1-2H3,(H,23,26). The van der Waals surface area contributed by atoms with Crippen molar-refractivity contribution in [1.29, 1.82) is 0 Å². The van der Waals surface area contributed by atoms with Crippen LogP contribution in [0.2, 0.25) is 0 Å². The van der Waals surface area contributed by atoms with E-state index in [0.29, 0.717) is 39.2 Å². The number of nitrogens with zero attached hydrogens (tertiary/aromatic N) is 1. The Morgan fingerprint density at radius 2 is 1.85 bits per heavy atom. The average Bonchev–Trinajstić information content (AvgIpc) is 2.68. The van der Waals surface area contributed by atoms with Crippen molar-refractivity contribution in [3.8, 4) is 0 Å². The van der Waals surface area contributed by atoms with Gasteiger partial charge in [0.15, 0.2) is 0 Å². The van der Waals surface area contributed by atoms with Gasteiger partial charge in [-0.05, 0) is 57.9 Å². The Balaban J connectivity index is 1.68. The molecule has 1 aliphatic heterocycles. The summed E-state index contributed by atoms with van der Waals surface area (Å²) in [5, 5.41) is 3.01. The summed E-state index contributed by atoms with van der Waals surface area (Å²) in [6.45, 7) is 7.34. The molecule has 0 aromatic heterocycles. The van der Waals surface area contributed by atoms with Gasteiger partial charge >= 0.3 is 0 Å². The smallest absolute Gasteiger partial charge is 0.223 e. The summed E-state index contributed by atoms with van der Waals surface area (Å²) in [5.74, 6) is 0.377. The SMILES string of the molecule is CC(C)OCCCNC(=O)C1CCN(C(=O)CC2(CN)CCCCC2)CC1. The second kappa shape index (κ2) is 11.0. The summed E-state index contributed by atoms with van der Waals surface area (Å²) in [6, 6.07) is 0. The second-order valence-electron chi connectivity index (χ2n) is 8.66. The zero-order valence-corrected chi connectivity index (χ0v) is 17.3. The molecule has 0 atom stereocenters. The van der Waals surface area contributed by atoms with Gasteiger partial charge in [0.05, 0.1) is 6.10 Å². The first-order chi connectivity index (χ1) is 13.0. The fourth-order valence-electron chi connectivity index (χ4n) is 4.33. The van der Waals surface area contributed by atoms with E-state index in [2.05, 4.69) is 5.32 Å². The molecule has 2 rings (SSSR count). The van der Waals surface area contributed by atoms with Crippen molar-refractivity contribution in [3.63, 3.8) is 0 Å². The van der Waals surface area contributed by atoms with Gasteiger partial charge in [-0.2, -0.15) is 0 Å². The lowest BCUT2D eigenvalue weighted by atomic mass is 9.71. The highest BCUT2D eigenvalue weighted by molar-refractivity contribution is 5.80. The van der Waals surface area contributed by atoms with Crippen molar-refractivity contribution >= 4 is 11.8 Å². The van der Waals surface area contributed by atoms with Gasteiger partial charge in [-0.3, -0.25) is 9.59 Å². The maximum Gasteiger partial charge on any atom is 0.223 e. The first-order valence-electron chi connectivity index (χ1n) is 10.8. The van der Waals surface area contributed by atoms with Crippen LogP contribution in [0.3, 0.4) is 0 Å². The fourth-order valence-corrected chi connectivity index (χ4v) is 4.33.